The summed E-state index contributed by atoms with van der Waals surface area (Å²) in [6, 6.07) is 69.1. The summed E-state index contributed by atoms with van der Waals surface area (Å²) in [5.41, 5.74) is 10.8. The number of nitrogens with zero attached hydrogens (tertiary/aromatic N) is 2. The van der Waals surface area contributed by atoms with Gasteiger partial charge in [0.05, 0.1) is 5.69 Å². The fourth-order valence-electron chi connectivity index (χ4n) is 7.44. The van der Waals surface area contributed by atoms with E-state index in [0.29, 0.717) is 0 Å². The Morgan fingerprint density at radius 1 is 0.346 bits per heavy atom. The summed E-state index contributed by atoms with van der Waals surface area (Å²) in [6.45, 7) is 0. The van der Waals surface area contributed by atoms with Crippen LogP contribution in [-0.2, 0) is 0 Å². The molecule has 0 aliphatic rings. The van der Waals surface area contributed by atoms with Gasteiger partial charge in [-0.25, -0.2) is 0 Å². The standard InChI is InChI=1S/C48H32N2OS/c1-4-13-33(14-5-1)34-23-25-37(26-24-34)49(38-27-29-41-40-19-10-11-21-44(40)51-45(41)31-38)39-28-30-42-47(32-39)52-46-22-12-20-43(48(42)46)50(35-15-6-2-7-16-35)36-17-8-3-9-18-36/h1-32H. The summed E-state index contributed by atoms with van der Waals surface area (Å²) in [7, 11) is 0. The number of furan rings is 1. The third kappa shape index (κ3) is 5.20. The first-order chi connectivity index (χ1) is 25.8. The molecule has 52 heavy (non-hydrogen) atoms. The molecule has 0 atom stereocenters. The molecule has 2 heterocycles. The van der Waals surface area contributed by atoms with E-state index in [4.69, 9.17) is 4.42 Å². The maximum Gasteiger partial charge on any atom is 0.137 e. The highest BCUT2D eigenvalue weighted by molar-refractivity contribution is 7.26. The van der Waals surface area contributed by atoms with E-state index in [1.54, 1.807) is 0 Å². The molecule has 0 fully saturated rings. The number of para-hydroxylation sites is 3. The van der Waals surface area contributed by atoms with Crippen molar-refractivity contribution in [2.24, 2.45) is 0 Å². The Kier molecular flexibility index (Phi) is 7.33. The molecule has 0 N–H and O–H groups in total. The highest BCUT2D eigenvalue weighted by atomic mass is 32.1. The monoisotopic (exact) mass is 684 g/mol. The first-order valence-electron chi connectivity index (χ1n) is 17.5. The fraction of sp³-hybridized carbons (Fsp3) is 0. The lowest BCUT2D eigenvalue weighted by Crippen LogP contribution is -2.10. The van der Waals surface area contributed by atoms with Crippen LogP contribution in [0.25, 0.3) is 53.2 Å². The summed E-state index contributed by atoms with van der Waals surface area (Å²) in [4.78, 5) is 4.71. The molecule has 0 radical (unpaired) electrons. The van der Waals surface area contributed by atoms with Gasteiger partial charge in [-0.3, -0.25) is 0 Å². The second-order valence-corrected chi connectivity index (χ2v) is 14.1. The first-order valence-corrected chi connectivity index (χ1v) is 18.3. The second-order valence-electron chi connectivity index (χ2n) is 13.0. The van der Waals surface area contributed by atoms with E-state index in [0.717, 1.165) is 56.1 Å². The largest absolute Gasteiger partial charge is 0.456 e. The molecule has 10 rings (SSSR count). The Hall–Kier alpha value is -6.62. The number of anilines is 6. The lowest BCUT2D eigenvalue weighted by molar-refractivity contribution is 0.669. The predicted molar refractivity (Wildman–Crippen MR) is 221 cm³/mol. The Morgan fingerprint density at radius 2 is 0.904 bits per heavy atom. The van der Waals surface area contributed by atoms with Gasteiger partial charge in [-0.2, -0.15) is 0 Å². The molecule has 0 saturated heterocycles. The van der Waals surface area contributed by atoms with Gasteiger partial charge in [-0.05, 0) is 90.0 Å². The molecular formula is C48H32N2OS. The van der Waals surface area contributed by atoms with Crippen LogP contribution >= 0.6 is 11.3 Å². The van der Waals surface area contributed by atoms with Crippen molar-refractivity contribution in [1.82, 2.24) is 0 Å². The minimum atomic E-state index is 0.874. The lowest BCUT2D eigenvalue weighted by atomic mass is 10.0. The SMILES string of the molecule is c1ccc(-c2ccc(N(c3ccc4c(c3)oc3ccccc34)c3ccc4c(c3)sc3cccc(N(c5ccccc5)c5ccccc5)c34)cc2)cc1. The first kappa shape index (κ1) is 30.2. The number of hydrogen-bond acceptors (Lipinski definition) is 4. The molecule has 0 aliphatic carbocycles. The molecule has 246 valence electrons. The van der Waals surface area contributed by atoms with Crippen molar-refractivity contribution in [2.45, 2.75) is 0 Å². The molecule has 0 unspecified atom stereocenters. The molecular weight excluding hydrogens is 653 g/mol. The smallest absolute Gasteiger partial charge is 0.137 e. The van der Waals surface area contributed by atoms with Crippen LogP contribution in [0.3, 0.4) is 0 Å². The van der Waals surface area contributed by atoms with Crippen LogP contribution < -0.4 is 9.80 Å². The van der Waals surface area contributed by atoms with Gasteiger partial charge in [-0.1, -0.05) is 109 Å². The Balaban J connectivity index is 1.14. The highest BCUT2D eigenvalue weighted by Crippen LogP contribution is 2.47. The van der Waals surface area contributed by atoms with Crippen molar-refractivity contribution >= 4 is 87.6 Å². The van der Waals surface area contributed by atoms with E-state index >= 15 is 0 Å². The molecule has 10 aromatic rings. The van der Waals surface area contributed by atoms with Gasteiger partial charge >= 0.3 is 0 Å². The van der Waals surface area contributed by atoms with Gasteiger partial charge in [0, 0.05) is 65.4 Å². The van der Waals surface area contributed by atoms with Crippen LogP contribution in [0.4, 0.5) is 34.1 Å². The molecule has 0 saturated carbocycles. The van der Waals surface area contributed by atoms with Crippen molar-refractivity contribution in [2.75, 3.05) is 9.80 Å². The van der Waals surface area contributed by atoms with Crippen molar-refractivity contribution in [3.05, 3.63) is 194 Å². The molecule has 0 bridgehead atoms. The van der Waals surface area contributed by atoms with E-state index in [9.17, 15) is 0 Å². The number of rotatable bonds is 7. The molecule has 3 nitrogen and oxygen atoms in total. The Bertz CT molecular complexity index is 2800. The van der Waals surface area contributed by atoms with Crippen molar-refractivity contribution in [3.63, 3.8) is 0 Å². The van der Waals surface area contributed by atoms with Crippen LogP contribution in [-0.4, -0.2) is 0 Å². The van der Waals surface area contributed by atoms with Crippen LogP contribution in [0.2, 0.25) is 0 Å². The molecule has 0 amide bonds. The maximum absolute atomic E-state index is 6.38. The number of benzene rings is 8. The van der Waals surface area contributed by atoms with Gasteiger partial charge in [0.2, 0.25) is 0 Å². The number of fused-ring (bicyclic) bond motifs is 6. The van der Waals surface area contributed by atoms with E-state index in [2.05, 4.69) is 192 Å². The summed E-state index contributed by atoms with van der Waals surface area (Å²) in [5.74, 6) is 0. The molecule has 8 aromatic carbocycles. The summed E-state index contributed by atoms with van der Waals surface area (Å²) >= 11 is 1.84. The minimum absolute atomic E-state index is 0.874. The Morgan fingerprint density at radius 3 is 1.63 bits per heavy atom. The van der Waals surface area contributed by atoms with Crippen LogP contribution in [0.15, 0.2) is 199 Å². The average Bonchev–Trinajstić information content (AvgIpc) is 3.78. The van der Waals surface area contributed by atoms with E-state index in [-0.39, 0.29) is 0 Å². The average molecular weight is 685 g/mol. The number of hydrogen-bond donors (Lipinski definition) is 0. The summed E-state index contributed by atoms with van der Waals surface area (Å²) < 4.78 is 8.87. The lowest BCUT2D eigenvalue weighted by Gasteiger charge is -2.27. The van der Waals surface area contributed by atoms with Crippen LogP contribution in [0.5, 0.6) is 0 Å². The molecule has 4 heteroatoms. The summed E-state index contributed by atoms with van der Waals surface area (Å²) in [6.07, 6.45) is 0. The molecule has 0 spiro atoms. The minimum Gasteiger partial charge on any atom is -0.456 e. The van der Waals surface area contributed by atoms with Crippen LogP contribution in [0.1, 0.15) is 0 Å². The second kappa shape index (κ2) is 12.6. The van der Waals surface area contributed by atoms with Gasteiger partial charge in [-0.15, -0.1) is 11.3 Å². The summed E-state index contributed by atoms with van der Waals surface area (Å²) in [5, 5.41) is 4.74. The predicted octanol–water partition coefficient (Wildman–Crippen LogP) is 14.6. The molecule has 2 aromatic heterocycles. The van der Waals surface area contributed by atoms with Gasteiger partial charge in [0.15, 0.2) is 0 Å². The van der Waals surface area contributed by atoms with Crippen molar-refractivity contribution in [1.29, 1.82) is 0 Å². The van der Waals surface area contributed by atoms with Crippen molar-refractivity contribution in [3.8, 4) is 11.1 Å². The quantitative estimate of drug-likeness (QED) is 0.167. The zero-order valence-corrected chi connectivity index (χ0v) is 29.0. The zero-order valence-electron chi connectivity index (χ0n) is 28.2. The van der Waals surface area contributed by atoms with E-state index < -0.39 is 0 Å². The van der Waals surface area contributed by atoms with Crippen LogP contribution in [0, 0.1) is 0 Å². The van der Waals surface area contributed by atoms with Crippen molar-refractivity contribution < 1.29 is 4.42 Å². The normalized spacial score (nSPS) is 11.5. The topological polar surface area (TPSA) is 19.6 Å². The van der Waals surface area contributed by atoms with E-state index in [1.807, 2.05) is 23.5 Å². The fourth-order valence-corrected chi connectivity index (χ4v) is 8.60. The zero-order chi connectivity index (χ0) is 34.4. The van der Waals surface area contributed by atoms with Gasteiger partial charge in [0.25, 0.3) is 0 Å². The highest BCUT2D eigenvalue weighted by Gasteiger charge is 2.21. The maximum atomic E-state index is 6.38. The third-order valence-electron chi connectivity index (χ3n) is 9.84. The number of thiophene rings is 1. The van der Waals surface area contributed by atoms with E-state index in [1.165, 1.54) is 31.3 Å². The molecule has 0 aliphatic heterocycles. The third-order valence-corrected chi connectivity index (χ3v) is 11.0. The van der Waals surface area contributed by atoms with Gasteiger partial charge in [0.1, 0.15) is 11.2 Å². The van der Waals surface area contributed by atoms with Gasteiger partial charge < -0.3 is 14.2 Å². The Labute approximate surface area is 305 Å².